The Morgan fingerprint density at radius 1 is 1.32 bits per heavy atom. The van der Waals surface area contributed by atoms with E-state index in [0.717, 1.165) is 0 Å². The van der Waals surface area contributed by atoms with E-state index in [1.54, 1.807) is 13.0 Å². The van der Waals surface area contributed by atoms with Crippen molar-refractivity contribution in [3.8, 4) is 5.75 Å². The molecule has 0 fully saturated rings. The van der Waals surface area contributed by atoms with Crippen LogP contribution in [0.3, 0.4) is 0 Å². The van der Waals surface area contributed by atoms with Crippen molar-refractivity contribution in [2.45, 2.75) is 20.2 Å². The van der Waals surface area contributed by atoms with Gasteiger partial charge in [-0.05, 0) is 26.0 Å². The van der Waals surface area contributed by atoms with E-state index in [2.05, 4.69) is 4.74 Å². The topological polar surface area (TPSA) is 35.5 Å². The van der Waals surface area contributed by atoms with Crippen LogP contribution in [-0.4, -0.2) is 18.9 Å². The molecule has 1 rings (SSSR count). The molecule has 1 aromatic rings. The molecule has 0 heterocycles. The van der Waals surface area contributed by atoms with Gasteiger partial charge < -0.3 is 9.47 Å². The zero-order chi connectivity index (χ0) is 14.5. The summed E-state index contributed by atoms with van der Waals surface area (Å²) in [5.74, 6) is -0.942. The number of carbonyl (C=O) groups is 1. The van der Waals surface area contributed by atoms with Crippen molar-refractivity contribution >= 4 is 12.0 Å². The maximum Gasteiger partial charge on any atom is 0.573 e. The van der Waals surface area contributed by atoms with Gasteiger partial charge in [-0.3, -0.25) is 0 Å². The molecule has 3 nitrogen and oxygen atoms in total. The van der Waals surface area contributed by atoms with Crippen LogP contribution in [-0.2, 0) is 9.53 Å². The normalized spacial score (nSPS) is 12.2. The molecule has 19 heavy (non-hydrogen) atoms. The van der Waals surface area contributed by atoms with E-state index in [1.165, 1.54) is 31.2 Å². The standard InChI is InChI=1S/C13H13F3O3/c1-3-18-12(17)9(2)8-10-6-4-5-7-11(10)19-13(14,15)16/h4-8H,3H2,1-2H3. The van der Waals surface area contributed by atoms with Crippen LogP contribution < -0.4 is 4.74 Å². The Hall–Kier alpha value is -1.98. The Morgan fingerprint density at radius 3 is 2.53 bits per heavy atom. The molecule has 0 spiro atoms. The molecule has 0 radical (unpaired) electrons. The fraction of sp³-hybridized carbons (Fsp3) is 0.308. The molecule has 0 aliphatic carbocycles. The Morgan fingerprint density at radius 2 is 1.95 bits per heavy atom. The SMILES string of the molecule is CCOC(=O)C(C)=Cc1ccccc1OC(F)(F)F. The first-order valence-corrected chi connectivity index (χ1v) is 5.53. The van der Waals surface area contributed by atoms with Crippen LogP contribution in [0.5, 0.6) is 5.75 Å². The monoisotopic (exact) mass is 274 g/mol. The second-order valence-electron chi connectivity index (χ2n) is 3.63. The van der Waals surface area contributed by atoms with Gasteiger partial charge in [0.1, 0.15) is 5.75 Å². The van der Waals surface area contributed by atoms with Crippen molar-refractivity contribution in [2.75, 3.05) is 6.61 Å². The summed E-state index contributed by atoms with van der Waals surface area (Å²) < 4.78 is 45.2. The average Bonchev–Trinajstić information content (AvgIpc) is 2.30. The molecule has 0 unspecified atom stereocenters. The van der Waals surface area contributed by atoms with Gasteiger partial charge in [-0.1, -0.05) is 18.2 Å². The average molecular weight is 274 g/mol. The van der Waals surface area contributed by atoms with Gasteiger partial charge in [0, 0.05) is 11.1 Å². The fourth-order valence-electron chi connectivity index (χ4n) is 1.35. The highest BCUT2D eigenvalue weighted by Crippen LogP contribution is 2.27. The summed E-state index contributed by atoms with van der Waals surface area (Å²) in [6.45, 7) is 3.30. The van der Waals surface area contributed by atoms with Crippen molar-refractivity contribution in [1.29, 1.82) is 0 Å². The van der Waals surface area contributed by atoms with Crippen LogP contribution in [0.1, 0.15) is 19.4 Å². The van der Waals surface area contributed by atoms with E-state index in [9.17, 15) is 18.0 Å². The fourth-order valence-corrected chi connectivity index (χ4v) is 1.35. The number of para-hydroxylation sites is 1. The van der Waals surface area contributed by atoms with E-state index >= 15 is 0 Å². The Kier molecular flexibility index (Phi) is 4.97. The summed E-state index contributed by atoms with van der Waals surface area (Å²) >= 11 is 0. The summed E-state index contributed by atoms with van der Waals surface area (Å²) in [6.07, 6.45) is -3.49. The molecule has 0 aliphatic heterocycles. The molecular weight excluding hydrogens is 261 g/mol. The smallest absolute Gasteiger partial charge is 0.463 e. The molecule has 0 bridgehead atoms. The van der Waals surface area contributed by atoms with Crippen LogP contribution in [0.25, 0.3) is 6.08 Å². The zero-order valence-electron chi connectivity index (χ0n) is 10.5. The van der Waals surface area contributed by atoms with Crippen molar-refractivity contribution in [1.82, 2.24) is 0 Å². The molecule has 0 N–H and O–H groups in total. The lowest BCUT2D eigenvalue weighted by Crippen LogP contribution is -2.17. The van der Waals surface area contributed by atoms with Gasteiger partial charge in [0.15, 0.2) is 0 Å². The van der Waals surface area contributed by atoms with Gasteiger partial charge in [0.05, 0.1) is 6.61 Å². The number of ether oxygens (including phenoxy) is 2. The maximum absolute atomic E-state index is 12.2. The third-order valence-corrected chi connectivity index (χ3v) is 2.11. The minimum atomic E-state index is -4.78. The van der Waals surface area contributed by atoms with Crippen LogP contribution in [0.4, 0.5) is 13.2 Å². The maximum atomic E-state index is 12.2. The van der Waals surface area contributed by atoms with Gasteiger partial charge in [-0.2, -0.15) is 0 Å². The number of alkyl halides is 3. The summed E-state index contributed by atoms with van der Waals surface area (Å²) in [5.41, 5.74) is 0.352. The highest BCUT2D eigenvalue weighted by molar-refractivity contribution is 5.93. The molecule has 6 heteroatoms. The summed E-state index contributed by atoms with van der Waals surface area (Å²) in [5, 5.41) is 0. The summed E-state index contributed by atoms with van der Waals surface area (Å²) in [4.78, 5) is 11.4. The third kappa shape index (κ3) is 5.03. The van der Waals surface area contributed by atoms with Gasteiger partial charge in [0.2, 0.25) is 0 Å². The number of halogens is 3. The van der Waals surface area contributed by atoms with Crippen LogP contribution in [0.2, 0.25) is 0 Å². The number of benzene rings is 1. The van der Waals surface area contributed by atoms with Crippen LogP contribution >= 0.6 is 0 Å². The molecule has 0 saturated heterocycles. The molecular formula is C13H13F3O3. The molecule has 104 valence electrons. The predicted octanol–water partition coefficient (Wildman–Crippen LogP) is 3.55. The lowest BCUT2D eigenvalue weighted by atomic mass is 10.1. The molecule has 0 amide bonds. The van der Waals surface area contributed by atoms with Gasteiger partial charge in [-0.25, -0.2) is 4.79 Å². The van der Waals surface area contributed by atoms with Gasteiger partial charge >= 0.3 is 12.3 Å². The predicted molar refractivity (Wildman–Crippen MR) is 63.4 cm³/mol. The molecule has 0 saturated carbocycles. The number of hydrogen-bond acceptors (Lipinski definition) is 3. The molecule has 1 aromatic carbocycles. The highest BCUT2D eigenvalue weighted by Gasteiger charge is 2.31. The van der Waals surface area contributed by atoms with Crippen molar-refractivity contribution < 1.29 is 27.4 Å². The summed E-state index contributed by atoms with van der Waals surface area (Å²) in [7, 11) is 0. The lowest BCUT2D eigenvalue weighted by molar-refractivity contribution is -0.274. The van der Waals surface area contributed by atoms with Crippen LogP contribution in [0, 0.1) is 0 Å². The van der Waals surface area contributed by atoms with Crippen molar-refractivity contribution in [3.63, 3.8) is 0 Å². The second kappa shape index (κ2) is 6.26. The Bertz CT molecular complexity index is 478. The molecule has 0 atom stereocenters. The minimum Gasteiger partial charge on any atom is -0.463 e. The number of hydrogen-bond donors (Lipinski definition) is 0. The first-order chi connectivity index (χ1) is 8.83. The number of rotatable bonds is 4. The van der Waals surface area contributed by atoms with E-state index in [0.29, 0.717) is 0 Å². The van der Waals surface area contributed by atoms with Gasteiger partial charge in [-0.15, -0.1) is 13.2 Å². The van der Waals surface area contributed by atoms with E-state index in [-0.39, 0.29) is 23.5 Å². The number of carbonyl (C=O) groups excluding carboxylic acids is 1. The van der Waals surface area contributed by atoms with Gasteiger partial charge in [0.25, 0.3) is 0 Å². The van der Waals surface area contributed by atoms with E-state index < -0.39 is 12.3 Å². The molecule has 0 aromatic heterocycles. The zero-order valence-corrected chi connectivity index (χ0v) is 10.5. The number of esters is 1. The van der Waals surface area contributed by atoms with Crippen molar-refractivity contribution in [3.05, 3.63) is 35.4 Å². The summed E-state index contributed by atoms with van der Waals surface area (Å²) in [6, 6.07) is 5.56. The minimum absolute atomic E-state index is 0.158. The highest BCUT2D eigenvalue weighted by atomic mass is 19.4. The largest absolute Gasteiger partial charge is 0.573 e. The second-order valence-corrected chi connectivity index (χ2v) is 3.63. The molecule has 0 aliphatic rings. The lowest BCUT2D eigenvalue weighted by Gasteiger charge is -2.11. The van der Waals surface area contributed by atoms with Crippen LogP contribution in [0.15, 0.2) is 29.8 Å². The first-order valence-electron chi connectivity index (χ1n) is 5.53. The third-order valence-electron chi connectivity index (χ3n) is 2.11. The van der Waals surface area contributed by atoms with E-state index in [1.807, 2.05) is 0 Å². The van der Waals surface area contributed by atoms with E-state index in [4.69, 9.17) is 4.74 Å². The quantitative estimate of drug-likeness (QED) is 0.622. The Labute approximate surface area is 108 Å². The first kappa shape index (κ1) is 15.1. The Balaban J connectivity index is 3.01. The van der Waals surface area contributed by atoms with Crippen molar-refractivity contribution in [2.24, 2.45) is 0 Å².